The molecular formula is C20H15NO5. The average Bonchev–Trinajstić information content (AvgIpc) is 3.08. The molecule has 0 aliphatic rings. The van der Waals surface area contributed by atoms with E-state index in [9.17, 15) is 4.79 Å². The Balaban J connectivity index is 1.68. The van der Waals surface area contributed by atoms with Crippen molar-refractivity contribution in [3.63, 3.8) is 0 Å². The second-order valence-corrected chi connectivity index (χ2v) is 5.76. The zero-order chi connectivity index (χ0) is 18.1. The minimum atomic E-state index is -1.01. The molecule has 4 rings (SSSR count). The molecule has 0 saturated heterocycles. The van der Waals surface area contributed by atoms with Crippen LogP contribution in [0.1, 0.15) is 0 Å². The zero-order valence-electron chi connectivity index (χ0n) is 13.9. The first-order chi connectivity index (χ1) is 12.6. The van der Waals surface area contributed by atoms with Gasteiger partial charge in [0.25, 0.3) is 0 Å². The topological polar surface area (TPSA) is 81.8 Å². The molecule has 0 atom stereocenters. The molecule has 0 bridgehead atoms. The van der Waals surface area contributed by atoms with Crippen molar-refractivity contribution in [3.8, 4) is 23.0 Å². The van der Waals surface area contributed by atoms with E-state index in [4.69, 9.17) is 19.0 Å². The van der Waals surface area contributed by atoms with Crippen molar-refractivity contribution < 1.29 is 23.8 Å². The Labute approximate surface area is 148 Å². The fourth-order valence-corrected chi connectivity index (χ4v) is 2.75. The second kappa shape index (κ2) is 6.40. The third-order valence-electron chi connectivity index (χ3n) is 4.02. The average molecular weight is 349 g/mol. The van der Waals surface area contributed by atoms with Gasteiger partial charge in [0.05, 0.1) is 7.11 Å². The van der Waals surface area contributed by atoms with Gasteiger partial charge in [0.1, 0.15) is 17.0 Å². The van der Waals surface area contributed by atoms with Crippen LogP contribution in [-0.4, -0.2) is 29.8 Å². The highest BCUT2D eigenvalue weighted by molar-refractivity contribution is 5.88. The number of rotatable bonds is 5. The van der Waals surface area contributed by atoms with Gasteiger partial charge >= 0.3 is 5.97 Å². The van der Waals surface area contributed by atoms with Gasteiger partial charge in [0, 0.05) is 11.6 Å². The summed E-state index contributed by atoms with van der Waals surface area (Å²) < 4.78 is 16.3. The number of hydrogen-bond acceptors (Lipinski definition) is 5. The van der Waals surface area contributed by atoms with Crippen molar-refractivity contribution in [2.75, 3.05) is 13.7 Å². The number of methoxy groups -OCH3 is 1. The normalized spacial score (nSPS) is 11.0. The Kier molecular flexibility index (Phi) is 3.93. The van der Waals surface area contributed by atoms with Crippen LogP contribution in [0.5, 0.6) is 11.5 Å². The van der Waals surface area contributed by atoms with Crippen molar-refractivity contribution in [1.82, 2.24) is 4.98 Å². The largest absolute Gasteiger partial charge is 0.497 e. The second-order valence-electron chi connectivity index (χ2n) is 5.76. The lowest BCUT2D eigenvalue weighted by Gasteiger charge is -2.05. The van der Waals surface area contributed by atoms with Crippen LogP contribution in [-0.2, 0) is 4.79 Å². The van der Waals surface area contributed by atoms with Gasteiger partial charge < -0.3 is 19.0 Å². The molecule has 0 spiro atoms. The molecule has 0 aliphatic heterocycles. The summed E-state index contributed by atoms with van der Waals surface area (Å²) in [5.41, 5.74) is 2.28. The highest BCUT2D eigenvalue weighted by Gasteiger charge is 2.10. The quantitative estimate of drug-likeness (QED) is 0.584. The maximum atomic E-state index is 10.6. The van der Waals surface area contributed by atoms with Crippen molar-refractivity contribution in [1.29, 1.82) is 0 Å². The Morgan fingerprint density at radius 3 is 2.62 bits per heavy atom. The number of carbonyl (C=O) groups is 1. The number of fused-ring (bicyclic) bond motifs is 2. The number of benzene rings is 3. The molecule has 26 heavy (non-hydrogen) atoms. The van der Waals surface area contributed by atoms with Crippen molar-refractivity contribution >= 4 is 27.8 Å². The maximum Gasteiger partial charge on any atom is 0.341 e. The summed E-state index contributed by atoms with van der Waals surface area (Å²) in [6.45, 7) is -0.365. The van der Waals surface area contributed by atoms with Crippen LogP contribution in [0, 0.1) is 0 Å². The van der Waals surface area contributed by atoms with Gasteiger partial charge in [0.15, 0.2) is 12.2 Å². The fraction of sp³-hybridized carbons (Fsp3) is 0.100. The molecule has 6 heteroatoms. The van der Waals surface area contributed by atoms with Crippen molar-refractivity contribution in [3.05, 3.63) is 54.6 Å². The third-order valence-corrected chi connectivity index (χ3v) is 4.02. The molecule has 1 aromatic heterocycles. The van der Waals surface area contributed by atoms with Gasteiger partial charge in [0.2, 0.25) is 5.89 Å². The van der Waals surface area contributed by atoms with E-state index in [1.807, 2.05) is 36.4 Å². The number of oxazole rings is 1. The van der Waals surface area contributed by atoms with Crippen LogP contribution >= 0.6 is 0 Å². The smallest absolute Gasteiger partial charge is 0.341 e. The summed E-state index contributed by atoms with van der Waals surface area (Å²) in [7, 11) is 1.61. The lowest BCUT2D eigenvalue weighted by Crippen LogP contribution is -2.09. The highest BCUT2D eigenvalue weighted by Crippen LogP contribution is 2.30. The van der Waals surface area contributed by atoms with Crippen LogP contribution in [0.25, 0.3) is 33.3 Å². The predicted octanol–water partition coefficient (Wildman–Crippen LogP) is 4.12. The number of aromatic nitrogens is 1. The van der Waals surface area contributed by atoms with E-state index >= 15 is 0 Å². The Hall–Kier alpha value is -3.54. The number of hydrogen-bond donors (Lipinski definition) is 1. The molecule has 130 valence electrons. The number of carboxylic acid groups (broad SMARTS) is 1. The number of ether oxygens (including phenoxy) is 2. The molecule has 1 heterocycles. The molecule has 0 amide bonds. The summed E-state index contributed by atoms with van der Waals surface area (Å²) in [5, 5.41) is 10.6. The maximum absolute atomic E-state index is 10.6. The third kappa shape index (κ3) is 3.04. The summed E-state index contributed by atoms with van der Waals surface area (Å²) in [6, 6.07) is 16.7. The van der Waals surface area contributed by atoms with E-state index in [0.717, 1.165) is 21.9 Å². The molecule has 0 aliphatic carbocycles. The Bertz CT molecular complexity index is 1120. The van der Waals surface area contributed by atoms with Gasteiger partial charge in [-0.25, -0.2) is 9.78 Å². The minimum absolute atomic E-state index is 0.365. The van der Waals surface area contributed by atoms with Gasteiger partial charge in [-0.05, 0) is 47.2 Å². The van der Waals surface area contributed by atoms with E-state index in [1.54, 1.807) is 25.3 Å². The SMILES string of the molecule is COc1ccc2nc(-c3ccc4cc(OCC(=O)O)ccc4c3)oc2c1. The minimum Gasteiger partial charge on any atom is -0.497 e. The summed E-state index contributed by atoms with van der Waals surface area (Å²) in [4.78, 5) is 15.1. The lowest BCUT2D eigenvalue weighted by atomic mass is 10.1. The predicted molar refractivity (Wildman–Crippen MR) is 96.6 cm³/mol. The number of carboxylic acids is 1. The molecule has 1 N–H and O–H groups in total. The van der Waals surface area contributed by atoms with Crippen molar-refractivity contribution in [2.45, 2.75) is 0 Å². The van der Waals surface area contributed by atoms with E-state index < -0.39 is 5.97 Å². The monoisotopic (exact) mass is 349 g/mol. The van der Waals surface area contributed by atoms with Gasteiger partial charge in [-0.2, -0.15) is 0 Å². The molecule has 3 aromatic carbocycles. The number of nitrogens with zero attached hydrogens (tertiary/aromatic N) is 1. The van der Waals surface area contributed by atoms with Gasteiger partial charge in [-0.15, -0.1) is 0 Å². The zero-order valence-corrected chi connectivity index (χ0v) is 13.9. The molecular weight excluding hydrogens is 334 g/mol. The van der Waals surface area contributed by atoms with Crippen LogP contribution < -0.4 is 9.47 Å². The highest BCUT2D eigenvalue weighted by atomic mass is 16.5. The molecule has 0 saturated carbocycles. The Morgan fingerprint density at radius 1 is 1.04 bits per heavy atom. The molecule has 0 radical (unpaired) electrons. The van der Waals surface area contributed by atoms with Gasteiger partial charge in [-0.3, -0.25) is 0 Å². The summed E-state index contributed by atoms with van der Waals surface area (Å²) in [5.74, 6) is 0.753. The molecule has 6 nitrogen and oxygen atoms in total. The first kappa shape index (κ1) is 16.0. The summed E-state index contributed by atoms with van der Waals surface area (Å²) >= 11 is 0. The van der Waals surface area contributed by atoms with Crippen LogP contribution in [0.4, 0.5) is 0 Å². The van der Waals surface area contributed by atoms with E-state index in [1.165, 1.54) is 0 Å². The first-order valence-electron chi connectivity index (χ1n) is 7.96. The molecule has 0 unspecified atom stereocenters. The van der Waals surface area contributed by atoms with Crippen LogP contribution in [0.3, 0.4) is 0 Å². The Morgan fingerprint density at radius 2 is 1.81 bits per heavy atom. The van der Waals surface area contributed by atoms with E-state index in [-0.39, 0.29) is 6.61 Å². The fourth-order valence-electron chi connectivity index (χ4n) is 2.75. The van der Waals surface area contributed by atoms with E-state index in [2.05, 4.69) is 4.98 Å². The lowest BCUT2D eigenvalue weighted by molar-refractivity contribution is -0.139. The molecule has 0 fully saturated rings. The summed E-state index contributed by atoms with van der Waals surface area (Å²) in [6.07, 6.45) is 0. The number of aliphatic carboxylic acids is 1. The van der Waals surface area contributed by atoms with Crippen LogP contribution in [0.15, 0.2) is 59.0 Å². The van der Waals surface area contributed by atoms with Crippen LogP contribution in [0.2, 0.25) is 0 Å². The standard InChI is InChI=1S/C20H15NO5/c1-24-15-6-7-17-18(10-15)26-20(21-17)14-3-2-13-9-16(25-11-19(22)23)5-4-12(13)8-14/h2-10H,11H2,1H3,(H,22,23). The molecule has 4 aromatic rings. The van der Waals surface area contributed by atoms with E-state index in [0.29, 0.717) is 23.0 Å². The van der Waals surface area contributed by atoms with Crippen molar-refractivity contribution in [2.24, 2.45) is 0 Å². The van der Waals surface area contributed by atoms with Gasteiger partial charge in [-0.1, -0.05) is 12.1 Å². The first-order valence-corrected chi connectivity index (χ1v) is 7.96.